The van der Waals surface area contributed by atoms with E-state index in [4.69, 9.17) is 4.74 Å². The van der Waals surface area contributed by atoms with Gasteiger partial charge in [-0.3, -0.25) is 9.69 Å². The molecule has 0 aromatic carbocycles. The van der Waals surface area contributed by atoms with E-state index < -0.39 is 0 Å². The molecule has 1 aliphatic heterocycles. The Hall–Kier alpha value is -0.610. The zero-order valence-electron chi connectivity index (χ0n) is 11.6. The highest BCUT2D eigenvalue weighted by atomic mass is 16.5. The van der Waals surface area contributed by atoms with Gasteiger partial charge in [0.1, 0.15) is 0 Å². The van der Waals surface area contributed by atoms with Crippen LogP contribution in [0.25, 0.3) is 0 Å². The van der Waals surface area contributed by atoms with Gasteiger partial charge in [0.15, 0.2) is 0 Å². The van der Waals surface area contributed by atoms with Gasteiger partial charge in [-0.25, -0.2) is 0 Å². The summed E-state index contributed by atoms with van der Waals surface area (Å²) in [6, 6.07) is 0.394. The predicted molar refractivity (Wildman–Crippen MR) is 69.0 cm³/mol. The van der Waals surface area contributed by atoms with Gasteiger partial charge in [0, 0.05) is 25.7 Å². The van der Waals surface area contributed by atoms with Crippen molar-refractivity contribution in [2.24, 2.45) is 0 Å². The molecule has 0 N–H and O–H groups in total. The second-order valence-electron chi connectivity index (χ2n) is 4.70. The number of ether oxygens (including phenoxy) is 1. The molecule has 1 aliphatic rings. The molecule has 0 bridgehead atoms. The molecule has 0 aromatic heterocycles. The molecule has 1 fully saturated rings. The van der Waals surface area contributed by atoms with Crippen LogP contribution in [0.15, 0.2) is 0 Å². The standard InChI is InChI=1S/C13H26N2O2/c1-5-12-10-17-11(4)8-15(12)9-13(16)14(6-2)7-3/h11-12H,5-10H2,1-4H3/t11-,12-/m1/s1. The minimum absolute atomic E-state index is 0.238. The molecule has 1 amide bonds. The molecule has 1 rings (SSSR count). The second-order valence-corrected chi connectivity index (χ2v) is 4.70. The third-order valence-corrected chi connectivity index (χ3v) is 3.51. The molecular formula is C13H26N2O2. The molecule has 0 unspecified atom stereocenters. The molecule has 2 atom stereocenters. The summed E-state index contributed by atoms with van der Waals surface area (Å²) in [6.45, 7) is 12.0. The van der Waals surface area contributed by atoms with Gasteiger partial charge in [0.2, 0.25) is 5.91 Å². The Morgan fingerprint density at radius 3 is 2.53 bits per heavy atom. The summed E-state index contributed by atoms with van der Waals surface area (Å²) in [4.78, 5) is 16.3. The minimum Gasteiger partial charge on any atom is -0.376 e. The lowest BCUT2D eigenvalue weighted by Crippen LogP contribution is -2.52. The third-order valence-electron chi connectivity index (χ3n) is 3.51. The van der Waals surface area contributed by atoms with Crippen LogP contribution in [0.1, 0.15) is 34.1 Å². The zero-order chi connectivity index (χ0) is 12.8. The van der Waals surface area contributed by atoms with E-state index in [1.807, 2.05) is 18.7 Å². The number of hydrogen-bond donors (Lipinski definition) is 0. The lowest BCUT2D eigenvalue weighted by molar-refractivity contribution is -0.136. The topological polar surface area (TPSA) is 32.8 Å². The Morgan fingerprint density at radius 2 is 2.00 bits per heavy atom. The van der Waals surface area contributed by atoms with E-state index in [1.165, 1.54) is 0 Å². The number of amides is 1. The van der Waals surface area contributed by atoms with Crippen molar-refractivity contribution in [3.8, 4) is 0 Å². The van der Waals surface area contributed by atoms with Crippen LogP contribution >= 0.6 is 0 Å². The number of hydrogen-bond acceptors (Lipinski definition) is 3. The van der Waals surface area contributed by atoms with E-state index in [2.05, 4.69) is 18.7 Å². The van der Waals surface area contributed by atoms with E-state index in [9.17, 15) is 4.79 Å². The van der Waals surface area contributed by atoms with Gasteiger partial charge in [-0.15, -0.1) is 0 Å². The lowest BCUT2D eigenvalue weighted by atomic mass is 10.1. The van der Waals surface area contributed by atoms with Crippen LogP contribution in [0.5, 0.6) is 0 Å². The fraction of sp³-hybridized carbons (Fsp3) is 0.923. The average Bonchev–Trinajstić information content (AvgIpc) is 2.31. The van der Waals surface area contributed by atoms with Gasteiger partial charge < -0.3 is 9.64 Å². The Labute approximate surface area is 105 Å². The van der Waals surface area contributed by atoms with Gasteiger partial charge in [-0.1, -0.05) is 6.92 Å². The van der Waals surface area contributed by atoms with Crippen molar-refractivity contribution in [1.29, 1.82) is 0 Å². The molecule has 4 heteroatoms. The first-order valence-corrected chi connectivity index (χ1v) is 6.75. The summed E-state index contributed by atoms with van der Waals surface area (Å²) in [5.74, 6) is 0.238. The lowest BCUT2D eigenvalue weighted by Gasteiger charge is -2.38. The highest BCUT2D eigenvalue weighted by Gasteiger charge is 2.27. The molecule has 4 nitrogen and oxygen atoms in total. The molecule has 1 heterocycles. The van der Waals surface area contributed by atoms with Crippen LogP contribution < -0.4 is 0 Å². The predicted octanol–water partition coefficient (Wildman–Crippen LogP) is 1.35. The molecule has 0 saturated carbocycles. The van der Waals surface area contributed by atoms with Crippen LogP contribution in [0.4, 0.5) is 0 Å². The van der Waals surface area contributed by atoms with Crippen LogP contribution in [0.3, 0.4) is 0 Å². The molecule has 17 heavy (non-hydrogen) atoms. The fourth-order valence-electron chi connectivity index (χ4n) is 2.33. The monoisotopic (exact) mass is 242 g/mol. The maximum atomic E-state index is 12.1. The van der Waals surface area contributed by atoms with Crippen LogP contribution in [0.2, 0.25) is 0 Å². The van der Waals surface area contributed by atoms with Crippen molar-refractivity contribution in [2.75, 3.05) is 32.8 Å². The Bertz CT molecular complexity index is 242. The Kier molecular flexibility index (Phi) is 5.92. The van der Waals surface area contributed by atoms with E-state index in [0.717, 1.165) is 32.7 Å². The van der Waals surface area contributed by atoms with Gasteiger partial charge in [0.25, 0.3) is 0 Å². The highest BCUT2D eigenvalue weighted by Crippen LogP contribution is 2.14. The van der Waals surface area contributed by atoms with E-state index in [0.29, 0.717) is 12.6 Å². The van der Waals surface area contributed by atoms with Crippen LogP contribution in [0, 0.1) is 0 Å². The fourth-order valence-corrected chi connectivity index (χ4v) is 2.33. The maximum absolute atomic E-state index is 12.1. The number of likely N-dealkylation sites (N-methyl/N-ethyl adjacent to an activating group) is 1. The molecule has 0 spiro atoms. The molecular weight excluding hydrogens is 216 g/mol. The maximum Gasteiger partial charge on any atom is 0.236 e. The number of carbonyl (C=O) groups excluding carboxylic acids is 1. The Morgan fingerprint density at radius 1 is 1.35 bits per heavy atom. The van der Waals surface area contributed by atoms with Gasteiger partial charge in [-0.05, 0) is 27.2 Å². The van der Waals surface area contributed by atoms with Crippen molar-refractivity contribution in [3.63, 3.8) is 0 Å². The zero-order valence-corrected chi connectivity index (χ0v) is 11.6. The SMILES string of the molecule is CC[C@@H]1CO[C@H](C)CN1CC(=O)N(CC)CC. The highest BCUT2D eigenvalue weighted by molar-refractivity contribution is 5.78. The molecule has 0 aromatic rings. The first-order chi connectivity index (χ1) is 8.12. The normalized spacial score (nSPS) is 25.9. The van der Waals surface area contributed by atoms with E-state index >= 15 is 0 Å². The number of morpholine rings is 1. The number of rotatable bonds is 5. The second kappa shape index (κ2) is 6.97. The third kappa shape index (κ3) is 3.96. The van der Waals surface area contributed by atoms with Crippen molar-refractivity contribution in [1.82, 2.24) is 9.80 Å². The largest absolute Gasteiger partial charge is 0.376 e. The summed E-state index contributed by atoms with van der Waals surface area (Å²) < 4.78 is 5.64. The average molecular weight is 242 g/mol. The van der Waals surface area contributed by atoms with Crippen molar-refractivity contribution in [3.05, 3.63) is 0 Å². The van der Waals surface area contributed by atoms with Crippen LogP contribution in [-0.2, 0) is 9.53 Å². The van der Waals surface area contributed by atoms with Crippen molar-refractivity contribution in [2.45, 2.75) is 46.3 Å². The summed E-state index contributed by atoms with van der Waals surface area (Å²) >= 11 is 0. The summed E-state index contributed by atoms with van der Waals surface area (Å²) in [5.41, 5.74) is 0. The first kappa shape index (κ1) is 14.5. The van der Waals surface area contributed by atoms with E-state index in [1.54, 1.807) is 0 Å². The quantitative estimate of drug-likeness (QED) is 0.729. The number of carbonyl (C=O) groups is 1. The molecule has 0 radical (unpaired) electrons. The van der Waals surface area contributed by atoms with Crippen molar-refractivity contribution < 1.29 is 9.53 Å². The summed E-state index contributed by atoms with van der Waals surface area (Å²) in [7, 11) is 0. The summed E-state index contributed by atoms with van der Waals surface area (Å²) in [6.07, 6.45) is 1.28. The smallest absolute Gasteiger partial charge is 0.236 e. The van der Waals surface area contributed by atoms with Gasteiger partial charge >= 0.3 is 0 Å². The summed E-state index contributed by atoms with van der Waals surface area (Å²) in [5, 5.41) is 0. The van der Waals surface area contributed by atoms with Gasteiger partial charge in [-0.2, -0.15) is 0 Å². The minimum atomic E-state index is 0.238. The van der Waals surface area contributed by atoms with E-state index in [-0.39, 0.29) is 12.0 Å². The number of nitrogens with zero attached hydrogens (tertiary/aromatic N) is 2. The molecule has 100 valence electrons. The van der Waals surface area contributed by atoms with Gasteiger partial charge in [0.05, 0.1) is 19.3 Å². The Balaban J connectivity index is 2.54. The molecule has 1 saturated heterocycles. The molecule has 0 aliphatic carbocycles. The van der Waals surface area contributed by atoms with Crippen molar-refractivity contribution >= 4 is 5.91 Å². The first-order valence-electron chi connectivity index (χ1n) is 6.75. The van der Waals surface area contributed by atoms with Crippen LogP contribution in [-0.4, -0.2) is 60.6 Å².